The molecule has 0 amide bonds. The summed E-state index contributed by atoms with van der Waals surface area (Å²) in [5.41, 5.74) is 7.54. The van der Waals surface area contributed by atoms with E-state index in [2.05, 4.69) is 10.3 Å². The number of benzene rings is 1. The molecule has 1 aromatic heterocycles. The first kappa shape index (κ1) is 11.6. The second kappa shape index (κ2) is 4.66. The van der Waals surface area contributed by atoms with Crippen LogP contribution in [0.5, 0.6) is 0 Å². The summed E-state index contributed by atoms with van der Waals surface area (Å²) in [5.74, 6) is -0.0844. The Morgan fingerprint density at radius 2 is 2.39 bits per heavy atom. The highest BCUT2D eigenvalue weighted by Crippen LogP contribution is 2.33. The van der Waals surface area contributed by atoms with Gasteiger partial charge in [-0.3, -0.25) is 0 Å². The molecule has 1 aliphatic rings. The highest BCUT2D eigenvalue weighted by molar-refractivity contribution is 7.15. The molecule has 0 saturated carbocycles. The van der Waals surface area contributed by atoms with Gasteiger partial charge in [0.15, 0.2) is 5.13 Å². The Morgan fingerprint density at radius 1 is 1.50 bits per heavy atom. The van der Waals surface area contributed by atoms with Gasteiger partial charge in [0.1, 0.15) is 5.82 Å². The fourth-order valence-electron chi connectivity index (χ4n) is 2.45. The largest absolute Gasteiger partial charge is 0.375 e. The SMILES string of the molecule is Nc1ncc(CNC2CCc3c(F)cccc32)s1. The maximum Gasteiger partial charge on any atom is 0.180 e. The molecule has 1 aromatic carbocycles. The highest BCUT2D eigenvalue weighted by Gasteiger charge is 2.24. The van der Waals surface area contributed by atoms with Gasteiger partial charge in [-0.1, -0.05) is 12.1 Å². The molecule has 3 nitrogen and oxygen atoms in total. The molecule has 2 aromatic rings. The van der Waals surface area contributed by atoms with E-state index in [1.807, 2.05) is 6.07 Å². The van der Waals surface area contributed by atoms with Gasteiger partial charge in [-0.05, 0) is 30.0 Å². The van der Waals surface area contributed by atoms with Crippen LogP contribution in [0.15, 0.2) is 24.4 Å². The fourth-order valence-corrected chi connectivity index (χ4v) is 3.08. The number of fused-ring (bicyclic) bond motifs is 1. The number of nitrogen functional groups attached to an aromatic ring is 1. The van der Waals surface area contributed by atoms with E-state index in [0.29, 0.717) is 5.13 Å². The summed E-state index contributed by atoms with van der Waals surface area (Å²) in [6, 6.07) is 5.55. The molecule has 0 spiro atoms. The minimum Gasteiger partial charge on any atom is -0.375 e. The van der Waals surface area contributed by atoms with Gasteiger partial charge in [0.05, 0.1) is 0 Å². The number of nitrogens with one attached hydrogen (secondary N) is 1. The zero-order chi connectivity index (χ0) is 12.5. The van der Waals surface area contributed by atoms with Crippen LogP contribution in [-0.4, -0.2) is 4.98 Å². The number of anilines is 1. The van der Waals surface area contributed by atoms with Crippen molar-refractivity contribution < 1.29 is 4.39 Å². The Labute approximate surface area is 109 Å². The number of halogens is 1. The molecule has 1 heterocycles. The minimum atomic E-state index is -0.0844. The lowest BCUT2D eigenvalue weighted by Gasteiger charge is -2.13. The Bertz CT molecular complexity index is 567. The van der Waals surface area contributed by atoms with Gasteiger partial charge in [0.2, 0.25) is 0 Å². The molecular formula is C13H14FN3S. The number of hydrogen-bond donors (Lipinski definition) is 2. The summed E-state index contributed by atoms with van der Waals surface area (Å²) in [4.78, 5) is 5.13. The Morgan fingerprint density at radius 3 is 3.17 bits per heavy atom. The molecule has 1 aliphatic carbocycles. The first-order chi connectivity index (χ1) is 8.74. The molecule has 18 heavy (non-hydrogen) atoms. The van der Waals surface area contributed by atoms with Crippen LogP contribution >= 0.6 is 11.3 Å². The minimum absolute atomic E-state index is 0.0844. The van der Waals surface area contributed by atoms with Crippen LogP contribution in [0.4, 0.5) is 9.52 Å². The quantitative estimate of drug-likeness (QED) is 0.895. The molecular weight excluding hydrogens is 249 g/mol. The number of aromatic nitrogens is 1. The molecule has 3 N–H and O–H groups in total. The lowest BCUT2D eigenvalue weighted by atomic mass is 10.1. The Hall–Kier alpha value is -1.46. The highest BCUT2D eigenvalue weighted by atomic mass is 32.1. The monoisotopic (exact) mass is 263 g/mol. The van der Waals surface area contributed by atoms with Crippen molar-refractivity contribution in [3.8, 4) is 0 Å². The topological polar surface area (TPSA) is 50.9 Å². The van der Waals surface area contributed by atoms with Crippen molar-refractivity contribution in [2.24, 2.45) is 0 Å². The average Bonchev–Trinajstić information content (AvgIpc) is 2.94. The van der Waals surface area contributed by atoms with Crippen LogP contribution in [0.1, 0.15) is 28.5 Å². The third-order valence-electron chi connectivity index (χ3n) is 3.31. The van der Waals surface area contributed by atoms with Crippen LogP contribution in [0.2, 0.25) is 0 Å². The van der Waals surface area contributed by atoms with E-state index in [0.717, 1.165) is 35.4 Å². The van der Waals surface area contributed by atoms with Crippen molar-refractivity contribution >= 4 is 16.5 Å². The number of nitrogens with zero attached hydrogens (tertiary/aromatic N) is 1. The Kier molecular flexibility index (Phi) is 3.01. The van der Waals surface area contributed by atoms with Crippen molar-refractivity contribution in [1.29, 1.82) is 0 Å². The van der Waals surface area contributed by atoms with Gasteiger partial charge < -0.3 is 11.1 Å². The predicted molar refractivity (Wildman–Crippen MR) is 70.8 cm³/mol. The molecule has 94 valence electrons. The maximum atomic E-state index is 13.6. The van der Waals surface area contributed by atoms with E-state index in [1.54, 1.807) is 12.3 Å². The summed E-state index contributed by atoms with van der Waals surface area (Å²) < 4.78 is 13.6. The lowest BCUT2D eigenvalue weighted by Crippen LogP contribution is -2.18. The van der Waals surface area contributed by atoms with Crippen molar-refractivity contribution in [3.63, 3.8) is 0 Å². The number of hydrogen-bond acceptors (Lipinski definition) is 4. The standard InChI is InChI=1S/C13H14FN3S/c14-11-3-1-2-10-9(11)4-5-12(10)16-6-8-7-17-13(15)18-8/h1-3,7,12,16H,4-6H2,(H2,15,17). The Balaban J connectivity index is 1.71. The van der Waals surface area contributed by atoms with E-state index in [1.165, 1.54) is 17.4 Å². The summed E-state index contributed by atoms with van der Waals surface area (Å²) in [5, 5.41) is 4.03. The van der Waals surface area contributed by atoms with E-state index < -0.39 is 0 Å². The van der Waals surface area contributed by atoms with Crippen LogP contribution in [0.25, 0.3) is 0 Å². The van der Waals surface area contributed by atoms with E-state index >= 15 is 0 Å². The van der Waals surface area contributed by atoms with Crippen LogP contribution in [0, 0.1) is 5.82 Å². The molecule has 1 atom stereocenters. The molecule has 0 fully saturated rings. The van der Waals surface area contributed by atoms with Crippen molar-refractivity contribution in [2.45, 2.75) is 25.4 Å². The summed E-state index contributed by atoms with van der Waals surface area (Å²) >= 11 is 1.49. The second-order valence-corrected chi connectivity index (χ2v) is 5.59. The van der Waals surface area contributed by atoms with Crippen LogP contribution < -0.4 is 11.1 Å². The smallest absolute Gasteiger partial charge is 0.180 e. The van der Waals surface area contributed by atoms with Gasteiger partial charge in [-0.2, -0.15) is 0 Å². The third kappa shape index (κ3) is 2.11. The van der Waals surface area contributed by atoms with Gasteiger partial charge in [0, 0.05) is 23.7 Å². The molecule has 3 rings (SSSR count). The fraction of sp³-hybridized carbons (Fsp3) is 0.308. The van der Waals surface area contributed by atoms with Crippen LogP contribution in [0.3, 0.4) is 0 Å². The predicted octanol–water partition coefficient (Wildman–Crippen LogP) is 2.64. The average molecular weight is 263 g/mol. The van der Waals surface area contributed by atoms with Gasteiger partial charge >= 0.3 is 0 Å². The first-order valence-electron chi connectivity index (χ1n) is 5.95. The normalized spacial score (nSPS) is 17.9. The van der Waals surface area contributed by atoms with E-state index in [9.17, 15) is 4.39 Å². The van der Waals surface area contributed by atoms with E-state index in [4.69, 9.17) is 5.73 Å². The van der Waals surface area contributed by atoms with Crippen molar-refractivity contribution in [1.82, 2.24) is 10.3 Å². The molecule has 0 bridgehead atoms. The maximum absolute atomic E-state index is 13.6. The second-order valence-electron chi connectivity index (χ2n) is 4.44. The van der Waals surface area contributed by atoms with Gasteiger partial charge in [-0.25, -0.2) is 9.37 Å². The number of nitrogens with two attached hydrogens (primary N) is 1. The molecule has 0 saturated heterocycles. The zero-order valence-corrected chi connectivity index (χ0v) is 10.6. The van der Waals surface area contributed by atoms with Crippen molar-refractivity contribution in [2.75, 3.05) is 5.73 Å². The molecule has 1 unspecified atom stereocenters. The summed E-state index contributed by atoms with van der Waals surface area (Å²) in [7, 11) is 0. The molecule has 5 heteroatoms. The third-order valence-corrected chi connectivity index (χ3v) is 4.13. The van der Waals surface area contributed by atoms with Crippen molar-refractivity contribution in [3.05, 3.63) is 46.2 Å². The zero-order valence-electron chi connectivity index (χ0n) is 9.82. The van der Waals surface area contributed by atoms with E-state index in [-0.39, 0.29) is 11.9 Å². The number of thiazole rings is 1. The summed E-state index contributed by atoms with van der Waals surface area (Å²) in [6.07, 6.45) is 3.55. The summed E-state index contributed by atoms with van der Waals surface area (Å²) in [6.45, 7) is 0.732. The first-order valence-corrected chi connectivity index (χ1v) is 6.76. The molecule has 0 aliphatic heterocycles. The van der Waals surface area contributed by atoms with Crippen LogP contribution in [-0.2, 0) is 13.0 Å². The van der Waals surface area contributed by atoms with Gasteiger partial charge in [0.25, 0.3) is 0 Å². The number of rotatable bonds is 3. The van der Waals surface area contributed by atoms with Gasteiger partial charge in [-0.15, -0.1) is 11.3 Å². The molecule has 0 radical (unpaired) electrons. The lowest BCUT2D eigenvalue weighted by molar-refractivity contribution is 0.533.